The second-order valence-corrected chi connectivity index (χ2v) is 5.67. The van der Waals surface area contributed by atoms with E-state index in [0.29, 0.717) is 29.0 Å². The van der Waals surface area contributed by atoms with Gasteiger partial charge in [0, 0.05) is 11.4 Å². The van der Waals surface area contributed by atoms with Gasteiger partial charge in [0.05, 0.1) is 18.2 Å². The van der Waals surface area contributed by atoms with Crippen LogP contribution in [0.15, 0.2) is 64.2 Å². The van der Waals surface area contributed by atoms with Crippen molar-refractivity contribution in [1.29, 1.82) is 5.26 Å². The fourth-order valence-corrected chi connectivity index (χ4v) is 2.78. The minimum Gasteiger partial charge on any atom is -0.414 e. The van der Waals surface area contributed by atoms with E-state index in [-0.39, 0.29) is 0 Å². The van der Waals surface area contributed by atoms with Gasteiger partial charge in [-0.1, -0.05) is 48.2 Å². The number of nitriles is 1. The number of nitrogens with one attached hydrogen (secondary N) is 1. The van der Waals surface area contributed by atoms with Gasteiger partial charge in [-0.15, -0.1) is 10.2 Å². The van der Waals surface area contributed by atoms with Gasteiger partial charge in [0.25, 0.3) is 5.22 Å². The summed E-state index contributed by atoms with van der Waals surface area (Å²) in [5, 5.41) is 20.8. The molecule has 0 atom stereocenters. The van der Waals surface area contributed by atoms with Crippen LogP contribution in [0.5, 0.6) is 0 Å². The maximum atomic E-state index is 9.08. The Bertz CT molecular complexity index is 811. The van der Waals surface area contributed by atoms with Gasteiger partial charge in [-0.3, -0.25) is 0 Å². The van der Waals surface area contributed by atoms with Crippen LogP contribution < -0.4 is 5.32 Å². The number of aromatic nitrogens is 2. The number of rotatable bonds is 6. The first-order valence-corrected chi connectivity index (χ1v) is 8.06. The zero-order valence-electron chi connectivity index (χ0n) is 12.3. The highest BCUT2D eigenvalue weighted by Gasteiger charge is 2.08. The van der Waals surface area contributed by atoms with E-state index in [1.807, 2.05) is 48.5 Å². The summed E-state index contributed by atoms with van der Waals surface area (Å²) < 4.78 is 5.60. The molecule has 6 heteroatoms. The van der Waals surface area contributed by atoms with Crippen LogP contribution in [0.1, 0.15) is 17.0 Å². The van der Waals surface area contributed by atoms with Crippen LogP contribution in [0, 0.1) is 11.3 Å². The summed E-state index contributed by atoms with van der Waals surface area (Å²) >= 11 is 1.43. The van der Waals surface area contributed by atoms with Crippen molar-refractivity contribution in [3.63, 3.8) is 0 Å². The molecule has 1 aromatic heterocycles. The lowest BCUT2D eigenvalue weighted by molar-refractivity contribution is 0.418. The monoisotopic (exact) mass is 322 g/mol. The van der Waals surface area contributed by atoms with Crippen molar-refractivity contribution in [1.82, 2.24) is 10.2 Å². The molecule has 0 fully saturated rings. The topological polar surface area (TPSA) is 74.7 Å². The Kier molecular flexibility index (Phi) is 4.92. The van der Waals surface area contributed by atoms with E-state index in [0.717, 1.165) is 11.3 Å². The van der Waals surface area contributed by atoms with Crippen molar-refractivity contribution < 1.29 is 4.42 Å². The zero-order valence-corrected chi connectivity index (χ0v) is 13.1. The molecule has 0 saturated carbocycles. The quantitative estimate of drug-likeness (QED) is 0.695. The van der Waals surface area contributed by atoms with Gasteiger partial charge >= 0.3 is 0 Å². The molecule has 3 rings (SSSR count). The normalized spacial score (nSPS) is 10.2. The molecule has 3 aromatic rings. The molecule has 0 saturated heterocycles. The SMILES string of the molecule is N#Cc1ccccc1CSc1nnc(CNc2ccccc2)o1. The lowest BCUT2D eigenvalue weighted by Gasteiger charge is -2.02. The molecule has 114 valence electrons. The lowest BCUT2D eigenvalue weighted by Crippen LogP contribution is -1.99. The van der Waals surface area contributed by atoms with Gasteiger partial charge in [-0.05, 0) is 23.8 Å². The molecule has 1 heterocycles. The van der Waals surface area contributed by atoms with Crippen molar-refractivity contribution in [3.8, 4) is 6.07 Å². The summed E-state index contributed by atoms with van der Waals surface area (Å²) in [6.45, 7) is 0.479. The molecule has 1 N–H and O–H groups in total. The summed E-state index contributed by atoms with van der Waals surface area (Å²) in [7, 11) is 0. The van der Waals surface area contributed by atoms with Gasteiger partial charge in [-0.25, -0.2) is 0 Å². The van der Waals surface area contributed by atoms with E-state index in [9.17, 15) is 0 Å². The van der Waals surface area contributed by atoms with E-state index in [4.69, 9.17) is 9.68 Å². The fraction of sp³-hybridized carbons (Fsp3) is 0.118. The summed E-state index contributed by atoms with van der Waals surface area (Å²) in [6.07, 6.45) is 0. The molecular formula is C17H14N4OS. The second kappa shape index (κ2) is 7.47. The van der Waals surface area contributed by atoms with E-state index < -0.39 is 0 Å². The molecule has 0 amide bonds. The Morgan fingerprint density at radius 2 is 1.83 bits per heavy atom. The average molecular weight is 322 g/mol. The molecule has 0 aliphatic rings. The Hall–Kier alpha value is -2.78. The Morgan fingerprint density at radius 1 is 1.04 bits per heavy atom. The predicted molar refractivity (Wildman–Crippen MR) is 88.8 cm³/mol. The molecule has 0 radical (unpaired) electrons. The van der Waals surface area contributed by atoms with E-state index in [2.05, 4.69) is 21.6 Å². The molecule has 5 nitrogen and oxygen atoms in total. The molecule has 23 heavy (non-hydrogen) atoms. The largest absolute Gasteiger partial charge is 0.414 e. The smallest absolute Gasteiger partial charge is 0.276 e. The summed E-state index contributed by atoms with van der Waals surface area (Å²) in [4.78, 5) is 0. The van der Waals surface area contributed by atoms with Gasteiger partial charge in [0.2, 0.25) is 5.89 Å². The van der Waals surface area contributed by atoms with Crippen molar-refractivity contribution in [2.75, 3.05) is 5.32 Å². The molecule has 0 aliphatic heterocycles. The van der Waals surface area contributed by atoms with Crippen molar-refractivity contribution in [2.45, 2.75) is 17.5 Å². The van der Waals surface area contributed by atoms with Gasteiger partial charge < -0.3 is 9.73 Å². The minimum atomic E-state index is 0.479. The van der Waals surface area contributed by atoms with Crippen LogP contribution in [0.3, 0.4) is 0 Å². The van der Waals surface area contributed by atoms with E-state index >= 15 is 0 Å². The number of para-hydroxylation sites is 1. The second-order valence-electron chi connectivity index (χ2n) is 4.74. The van der Waals surface area contributed by atoms with Crippen molar-refractivity contribution in [3.05, 3.63) is 71.6 Å². The number of nitrogens with zero attached hydrogens (tertiary/aromatic N) is 3. The molecule has 0 unspecified atom stereocenters. The van der Waals surface area contributed by atoms with Crippen molar-refractivity contribution >= 4 is 17.4 Å². The summed E-state index contributed by atoms with van der Waals surface area (Å²) in [5.74, 6) is 1.15. The highest BCUT2D eigenvalue weighted by Crippen LogP contribution is 2.23. The highest BCUT2D eigenvalue weighted by atomic mass is 32.2. The summed E-state index contributed by atoms with van der Waals surface area (Å²) in [6, 6.07) is 19.5. The first-order valence-electron chi connectivity index (χ1n) is 7.07. The van der Waals surface area contributed by atoms with Crippen LogP contribution in [0.4, 0.5) is 5.69 Å². The van der Waals surface area contributed by atoms with Crippen LogP contribution >= 0.6 is 11.8 Å². The van der Waals surface area contributed by atoms with Crippen LogP contribution in [0.2, 0.25) is 0 Å². The van der Waals surface area contributed by atoms with E-state index in [1.54, 1.807) is 6.07 Å². The van der Waals surface area contributed by atoms with Crippen LogP contribution in [0.25, 0.3) is 0 Å². The van der Waals surface area contributed by atoms with Crippen LogP contribution in [-0.2, 0) is 12.3 Å². The standard InChI is InChI=1S/C17H14N4OS/c18-10-13-6-4-5-7-14(13)12-23-17-21-20-16(22-17)11-19-15-8-2-1-3-9-15/h1-9,19H,11-12H2. The molecule has 0 spiro atoms. The molecule has 2 aromatic carbocycles. The third kappa shape index (κ3) is 4.11. The zero-order chi connectivity index (χ0) is 15.9. The average Bonchev–Trinajstić information content (AvgIpc) is 3.07. The Balaban J connectivity index is 1.56. The Morgan fingerprint density at radius 3 is 2.65 bits per heavy atom. The minimum absolute atomic E-state index is 0.479. The van der Waals surface area contributed by atoms with Crippen molar-refractivity contribution in [2.24, 2.45) is 0 Å². The molecular weight excluding hydrogens is 308 g/mol. The summed E-state index contributed by atoms with van der Waals surface area (Å²) in [5.41, 5.74) is 2.63. The van der Waals surface area contributed by atoms with Gasteiger partial charge in [-0.2, -0.15) is 5.26 Å². The third-order valence-corrected chi connectivity index (χ3v) is 4.02. The van der Waals surface area contributed by atoms with Crippen LogP contribution in [-0.4, -0.2) is 10.2 Å². The maximum absolute atomic E-state index is 9.08. The Labute approximate surface area is 138 Å². The lowest BCUT2D eigenvalue weighted by atomic mass is 10.1. The predicted octanol–water partition coefficient (Wildman–Crippen LogP) is 3.85. The van der Waals surface area contributed by atoms with Gasteiger partial charge in [0.1, 0.15) is 0 Å². The number of hydrogen-bond acceptors (Lipinski definition) is 6. The first kappa shape index (κ1) is 15.1. The fourth-order valence-electron chi connectivity index (χ4n) is 2.00. The highest BCUT2D eigenvalue weighted by molar-refractivity contribution is 7.98. The number of anilines is 1. The third-order valence-electron chi connectivity index (χ3n) is 3.15. The molecule has 0 bridgehead atoms. The first-order chi connectivity index (χ1) is 11.3. The van der Waals surface area contributed by atoms with Gasteiger partial charge in [0.15, 0.2) is 0 Å². The number of benzene rings is 2. The number of hydrogen-bond donors (Lipinski definition) is 1. The molecule has 0 aliphatic carbocycles. The maximum Gasteiger partial charge on any atom is 0.276 e. The van der Waals surface area contributed by atoms with E-state index in [1.165, 1.54) is 11.8 Å². The number of thioether (sulfide) groups is 1.